The van der Waals surface area contributed by atoms with Crippen LogP contribution < -0.4 is 10.1 Å². The third-order valence-electron chi connectivity index (χ3n) is 2.91. The van der Waals surface area contributed by atoms with Gasteiger partial charge in [0.15, 0.2) is 0 Å². The molecule has 0 radical (unpaired) electrons. The number of carbonyl (C=O) groups is 1. The summed E-state index contributed by atoms with van der Waals surface area (Å²) in [4.78, 5) is 13.1. The van der Waals surface area contributed by atoms with Crippen LogP contribution in [0.5, 0.6) is 5.75 Å². The maximum absolute atomic E-state index is 11.5. The van der Waals surface area contributed by atoms with Gasteiger partial charge in [-0.25, -0.2) is 0 Å². The van der Waals surface area contributed by atoms with Gasteiger partial charge in [-0.15, -0.1) is 0 Å². The molecule has 4 heteroatoms. The van der Waals surface area contributed by atoms with Gasteiger partial charge < -0.3 is 15.0 Å². The van der Waals surface area contributed by atoms with Crippen LogP contribution in [0, 0.1) is 5.92 Å². The molecule has 0 aliphatic rings. The van der Waals surface area contributed by atoms with E-state index in [-0.39, 0.29) is 5.91 Å². The molecule has 20 heavy (non-hydrogen) atoms. The summed E-state index contributed by atoms with van der Waals surface area (Å²) in [6, 6.07) is 7.96. The lowest BCUT2D eigenvalue weighted by Gasteiger charge is -2.14. The molecule has 4 nitrogen and oxygen atoms in total. The Hall–Kier alpha value is -1.55. The molecule has 0 atom stereocenters. The second-order valence-corrected chi connectivity index (χ2v) is 5.52. The van der Waals surface area contributed by atoms with Crippen molar-refractivity contribution in [3.8, 4) is 5.75 Å². The lowest BCUT2D eigenvalue weighted by atomic mass is 10.2. The lowest BCUT2D eigenvalue weighted by molar-refractivity contribution is -0.129. The van der Waals surface area contributed by atoms with E-state index in [0.29, 0.717) is 18.9 Å². The summed E-state index contributed by atoms with van der Waals surface area (Å²) in [5, 5.41) is 3.40. The summed E-state index contributed by atoms with van der Waals surface area (Å²) in [7, 11) is 3.51. The molecule has 0 spiro atoms. The van der Waals surface area contributed by atoms with E-state index in [2.05, 4.69) is 25.2 Å². The first-order valence-corrected chi connectivity index (χ1v) is 7.12. The van der Waals surface area contributed by atoms with Gasteiger partial charge in [0, 0.05) is 26.2 Å². The van der Waals surface area contributed by atoms with Crippen LogP contribution in [-0.2, 0) is 11.3 Å². The maximum Gasteiger partial charge on any atom is 0.225 e. The highest BCUT2D eigenvalue weighted by Gasteiger charge is 2.06. The highest BCUT2D eigenvalue weighted by molar-refractivity contribution is 5.75. The Morgan fingerprint density at radius 1 is 1.30 bits per heavy atom. The second kappa shape index (κ2) is 8.59. The van der Waals surface area contributed by atoms with E-state index in [4.69, 9.17) is 4.74 Å². The van der Waals surface area contributed by atoms with Gasteiger partial charge in [-0.3, -0.25) is 4.79 Å². The predicted octanol–water partition coefficient (Wildman–Crippen LogP) is 2.29. The number of hydrogen-bond acceptors (Lipinski definition) is 3. The second-order valence-electron chi connectivity index (χ2n) is 5.52. The highest BCUT2D eigenvalue weighted by atomic mass is 16.5. The number of rotatable bonds is 8. The van der Waals surface area contributed by atoms with Gasteiger partial charge in [0.2, 0.25) is 5.91 Å². The van der Waals surface area contributed by atoms with Crippen LogP contribution in [0.1, 0.15) is 25.8 Å². The molecular weight excluding hydrogens is 252 g/mol. The molecule has 1 aromatic carbocycles. The molecule has 0 aliphatic carbocycles. The molecule has 0 aromatic heterocycles. The largest absolute Gasteiger partial charge is 0.493 e. The standard InChI is InChI=1S/C16H26N2O2/c1-13(2)11-17-12-14-7-5-6-8-15(14)20-10-9-16(19)18(3)4/h5-8,13,17H,9-12H2,1-4H3. The molecule has 0 unspecified atom stereocenters. The Balaban J connectivity index is 2.46. The Kier molecular flexibility index (Phi) is 7.09. The Bertz CT molecular complexity index is 417. The fraction of sp³-hybridized carbons (Fsp3) is 0.562. The number of benzene rings is 1. The van der Waals surface area contributed by atoms with E-state index in [1.165, 1.54) is 0 Å². The fourth-order valence-electron chi connectivity index (χ4n) is 1.76. The third-order valence-corrected chi connectivity index (χ3v) is 2.91. The molecule has 0 saturated heterocycles. The average Bonchev–Trinajstić information content (AvgIpc) is 2.39. The van der Waals surface area contributed by atoms with E-state index in [0.717, 1.165) is 24.4 Å². The molecule has 0 aliphatic heterocycles. The van der Waals surface area contributed by atoms with Crippen LogP contribution in [0.15, 0.2) is 24.3 Å². The highest BCUT2D eigenvalue weighted by Crippen LogP contribution is 2.18. The first-order chi connectivity index (χ1) is 9.50. The summed E-state index contributed by atoms with van der Waals surface area (Å²) in [6.07, 6.45) is 0.404. The number of nitrogens with one attached hydrogen (secondary N) is 1. The van der Waals surface area contributed by atoms with Crippen molar-refractivity contribution >= 4 is 5.91 Å². The van der Waals surface area contributed by atoms with Crippen molar-refractivity contribution < 1.29 is 9.53 Å². The molecule has 1 aromatic rings. The number of ether oxygens (including phenoxy) is 1. The minimum atomic E-state index is 0.0837. The third kappa shape index (κ3) is 6.06. The van der Waals surface area contributed by atoms with Crippen molar-refractivity contribution in [1.29, 1.82) is 0 Å². The van der Waals surface area contributed by atoms with Crippen molar-refractivity contribution in [3.63, 3.8) is 0 Å². The van der Waals surface area contributed by atoms with E-state index in [1.54, 1.807) is 19.0 Å². The lowest BCUT2D eigenvalue weighted by Crippen LogP contribution is -2.23. The minimum absolute atomic E-state index is 0.0837. The molecule has 0 bridgehead atoms. The van der Waals surface area contributed by atoms with Crippen molar-refractivity contribution in [1.82, 2.24) is 10.2 Å². The molecule has 1 amide bonds. The first kappa shape index (κ1) is 16.5. The number of nitrogens with zero attached hydrogens (tertiary/aromatic N) is 1. The summed E-state index contributed by atoms with van der Waals surface area (Å²) < 4.78 is 5.73. The zero-order valence-corrected chi connectivity index (χ0v) is 13.0. The van der Waals surface area contributed by atoms with Crippen LogP contribution in [-0.4, -0.2) is 38.1 Å². The van der Waals surface area contributed by atoms with Crippen LogP contribution in [0.25, 0.3) is 0 Å². The minimum Gasteiger partial charge on any atom is -0.493 e. The summed E-state index contributed by atoms with van der Waals surface area (Å²) in [5.41, 5.74) is 1.13. The molecule has 112 valence electrons. The average molecular weight is 278 g/mol. The van der Waals surface area contributed by atoms with Crippen LogP contribution in [0.4, 0.5) is 0 Å². The van der Waals surface area contributed by atoms with Gasteiger partial charge >= 0.3 is 0 Å². The van der Waals surface area contributed by atoms with Crippen molar-refractivity contribution in [2.45, 2.75) is 26.8 Å². The number of amides is 1. The van der Waals surface area contributed by atoms with Crippen molar-refractivity contribution in [3.05, 3.63) is 29.8 Å². The topological polar surface area (TPSA) is 41.6 Å². The van der Waals surface area contributed by atoms with E-state index in [9.17, 15) is 4.79 Å². The first-order valence-electron chi connectivity index (χ1n) is 7.12. The van der Waals surface area contributed by atoms with Crippen molar-refractivity contribution in [2.75, 3.05) is 27.2 Å². The van der Waals surface area contributed by atoms with Gasteiger partial charge in [0.25, 0.3) is 0 Å². The molecule has 0 heterocycles. The summed E-state index contributed by atoms with van der Waals surface area (Å²) in [6.45, 7) is 6.55. The predicted molar refractivity (Wildman–Crippen MR) is 81.8 cm³/mol. The zero-order chi connectivity index (χ0) is 15.0. The summed E-state index contributed by atoms with van der Waals surface area (Å²) >= 11 is 0. The summed E-state index contributed by atoms with van der Waals surface area (Å²) in [5.74, 6) is 1.57. The van der Waals surface area contributed by atoms with Gasteiger partial charge in [-0.1, -0.05) is 32.0 Å². The maximum atomic E-state index is 11.5. The molecule has 1 rings (SSSR count). The normalized spacial score (nSPS) is 10.7. The number of carbonyl (C=O) groups excluding carboxylic acids is 1. The van der Waals surface area contributed by atoms with Crippen molar-refractivity contribution in [2.24, 2.45) is 5.92 Å². The van der Waals surface area contributed by atoms with E-state index < -0.39 is 0 Å². The fourth-order valence-corrected chi connectivity index (χ4v) is 1.76. The Morgan fingerprint density at radius 3 is 2.65 bits per heavy atom. The number of para-hydroxylation sites is 1. The molecule has 1 N–H and O–H groups in total. The van der Waals surface area contributed by atoms with E-state index >= 15 is 0 Å². The van der Waals surface area contributed by atoms with Crippen LogP contribution >= 0.6 is 0 Å². The van der Waals surface area contributed by atoms with Crippen LogP contribution in [0.2, 0.25) is 0 Å². The van der Waals surface area contributed by atoms with Gasteiger partial charge in [-0.05, 0) is 18.5 Å². The SMILES string of the molecule is CC(C)CNCc1ccccc1OCCC(=O)N(C)C. The van der Waals surface area contributed by atoms with Gasteiger partial charge in [-0.2, -0.15) is 0 Å². The van der Waals surface area contributed by atoms with Gasteiger partial charge in [0.05, 0.1) is 13.0 Å². The van der Waals surface area contributed by atoms with Gasteiger partial charge in [0.1, 0.15) is 5.75 Å². The molecule has 0 saturated carbocycles. The monoisotopic (exact) mass is 278 g/mol. The van der Waals surface area contributed by atoms with Crippen LogP contribution in [0.3, 0.4) is 0 Å². The van der Waals surface area contributed by atoms with E-state index in [1.807, 2.05) is 18.2 Å². The quantitative estimate of drug-likeness (QED) is 0.793. The smallest absolute Gasteiger partial charge is 0.225 e. The molecule has 0 fully saturated rings. The molecular formula is C16H26N2O2. The Labute approximate surface area is 122 Å². The Morgan fingerprint density at radius 2 is 2.00 bits per heavy atom. The number of hydrogen-bond donors (Lipinski definition) is 1. The zero-order valence-electron chi connectivity index (χ0n) is 13.0.